The lowest BCUT2D eigenvalue weighted by Gasteiger charge is -2.09. The van der Waals surface area contributed by atoms with E-state index in [2.05, 4.69) is 32.8 Å². The van der Waals surface area contributed by atoms with Gasteiger partial charge in [0.05, 0.1) is 12.0 Å². The molecule has 0 aliphatic rings. The highest BCUT2D eigenvalue weighted by molar-refractivity contribution is 7.17. The lowest BCUT2D eigenvalue weighted by atomic mass is 10.1. The van der Waals surface area contributed by atoms with Crippen LogP contribution < -0.4 is 10.1 Å². The van der Waals surface area contributed by atoms with Crippen molar-refractivity contribution in [1.29, 1.82) is 0 Å². The fraction of sp³-hybridized carbons (Fsp3) is 0.100. The molecule has 2 heterocycles. The highest BCUT2D eigenvalue weighted by Crippen LogP contribution is 2.37. The number of halogens is 1. The number of benzene rings is 2. The molecule has 1 N–H and O–H groups in total. The summed E-state index contributed by atoms with van der Waals surface area (Å²) in [7, 11) is 0. The average Bonchev–Trinajstić information content (AvgIpc) is 3.09. The average molecular weight is 384 g/mol. The second kappa shape index (κ2) is 8.17. The quantitative estimate of drug-likeness (QED) is 0.464. The number of nitrogens with one attached hydrogen (secondary N) is 1. The Kier molecular flexibility index (Phi) is 5.71. The molecule has 132 valence electrons. The minimum absolute atomic E-state index is 0. The van der Waals surface area contributed by atoms with Gasteiger partial charge in [0.1, 0.15) is 22.7 Å². The van der Waals surface area contributed by atoms with Gasteiger partial charge in [-0.3, -0.25) is 0 Å². The number of hydrogen-bond donors (Lipinski definition) is 1. The lowest BCUT2D eigenvalue weighted by molar-refractivity contribution is 0.340. The Hall–Kier alpha value is -2.63. The van der Waals surface area contributed by atoms with Gasteiger partial charge in [-0.2, -0.15) is 0 Å². The van der Waals surface area contributed by atoms with Crippen molar-refractivity contribution in [2.45, 2.75) is 6.92 Å². The Morgan fingerprint density at radius 3 is 2.50 bits per heavy atom. The fourth-order valence-corrected chi connectivity index (χ4v) is 3.65. The molecular weight excluding hydrogens is 366 g/mol. The number of ether oxygens (including phenoxy) is 1. The molecule has 26 heavy (non-hydrogen) atoms. The second-order valence-corrected chi connectivity index (χ2v) is 6.36. The number of anilines is 2. The van der Waals surface area contributed by atoms with Crippen molar-refractivity contribution in [2.75, 3.05) is 11.9 Å². The van der Waals surface area contributed by atoms with Crippen molar-refractivity contribution < 1.29 is 4.74 Å². The smallest absolute Gasteiger partial charge is 0.143 e. The Morgan fingerprint density at radius 1 is 1.00 bits per heavy atom. The van der Waals surface area contributed by atoms with Crippen molar-refractivity contribution in [1.82, 2.24) is 9.97 Å². The lowest BCUT2D eigenvalue weighted by Crippen LogP contribution is -1.95. The first-order valence-corrected chi connectivity index (χ1v) is 9.00. The van der Waals surface area contributed by atoms with E-state index < -0.39 is 0 Å². The van der Waals surface area contributed by atoms with Crippen molar-refractivity contribution in [2.24, 2.45) is 0 Å². The Bertz CT molecular complexity index is 987. The SMILES string of the molecule is CCOc1ccc(-c2csc3ncnc(Nc4ccccc4)c23)cc1.Cl. The van der Waals surface area contributed by atoms with Crippen LogP contribution in [0.15, 0.2) is 66.3 Å². The van der Waals surface area contributed by atoms with Crippen LogP contribution in [0.3, 0.4) is 0 Å². The maximum absolute atomic E-state index is 5.53. The van der Waals surface area contributed by atoms with Crippen LogP contribution in [0.5, 0.6) is 5.75 Å². The van der Waals surface area contributed by atoms with Crippen molar-refractivity contribution in [3.8, 4) is 16.9 Å². The highest BCUT2D eigenvalue weighted by Gasteiger charge is 2.13. The maximum Gasteiger partial charge on any atom is 0.143 e. The van der Waals surface area contributed by atoms with Gasteiger partial charge in [-0.25, -0.2) is 9.97 Å². The maximum atomic E-state index is 5.53. The zero-order valence-electron chi connectivity index (χ0n) is 14.2. The van der Waals surface area contributed by atoms with Crippen LogP contribution in [0.25, 0.3) is 21.3 Å². The molecule has 0 saturated heterocycles. The number of aromatic nitrogens is 2. The number of hydrogen-bond acceptors (Lipinski definition) is 5. The summed E-state index contributed by atoms with van der Waals surface area (Å²) in [5.41, 5.74) is 3.26. The van der Waals surface area contributed by atoms with Gasteiger partial charge in [-0.05, 0) is 36.8 Å². The van der Waals surface area contributed by atoms with Gasteiger partial charge < -0.3 is 10.1 Å². The predicted octanol–water partition coefficient (Wildman–Crippen LogP) is 5.92. The molecule has 0 aliphatic carbocycles. The van der Waals surface area contributed by atoms with E-state index in [1.54, 1.807) is 17.7 Å². The van der Waals surface area contributed by atoms with E-state index in [0.717, 1.165) is 38.6 Å². The molecule has 0 aliphatic heterocycles. The molecular formula is C20H18ClN3OS. The van der Waals surface area contributed by atoms with E-state index in [-0.39, 0.29) is 12.4 Å². The van der Waals surface area contributed by atoms with E-state index in [1.165, 1.54) is 0 Å². The van der Waals surface area contributed by atoms with E-state index in [0.29, 0.717) is 6.61 Å². The molecule has 0 radical (unpaired) electrons. The molecule has 0 spiro atoms. The van der Waals surface area contributed by atoms with Crippen LogP contribution in [0, 0.1) is 0 Å². The number of nitrogens with zero attached hydrogens (tertiary/aromatic N) is 2. The molecule has 0 bridgehead atoms. The molecule has 4 rings (SSSR count). The van der Waals surface area contributed by atoms with Crippen LogP contribution in [-0.2, 0) is 0 Å². The zero-order valence-corrected chi connectivity index (χ0v) is 15.8. The van der Waals surface area contributed by atoms with Crippen molar-refractivity contribution in [3.05, 3.63) is 66.3 Å². The normalized spacial score (nSPS) is 10.3. The molecule has 0 fully saturated rings. The predicted molar refractivity (Wildman–Crippen MR) is 111 cm³/mol. The number of para-hydroxylation sites is 1. The van der Waals surface area contributed by atoms with Crippen LogP contribution in [0.1, 0.15) is 6.92 Å². The van der Waals surface area contributed by atoms with Gasteiger partial charge in [0.15, 0.2) is 0 Å². The summed E-state index contributed by atoms with van der Waals surface area (Å²) in [4.78, 5) is 9.86. The Labute approximate surface area is 162 Å². The highest BCUT2D eigenvalue weighted by atomic mass is 35.5. The summed E-state index contributed by atoms with van der Waals surface area (Å²) in [5, 5.41) is 6.58. The molecule has 0 atom stereocenters. The molecule has 4 nitrogen and oxygen atoms in total. The Morgan fingerprint density at radius 2 is 1.77 bits per heavy atom. The zero-order chi connectivity index (χ0) is 17.1. The standard InChI is InChI=1S/C20H17N3OS.ClH/c1-2-24-16-10-8-14(9-11-16)17-12-25-20-18(17)19(21-13-22-20)23-15-6-4-3-5-7-15;/h3-13H,2H2,1H3,(H,21,22,23);1H. The van der Waals surface area contributed by atoms with Crippen LogP contribution in [0.2, 0.25) is 0 Å². The summed E-state index contributed by atoms with van der Waals surface area (Å²) < 4.78 is 5.53. The van der Waals surface area contributed by atoms with Gasteiger partial charge in [0.2, 0.25) is 0 Å². The molecule has 0 unspecified atom stereocenters. The molecule has 2 aromatic carbocycles. The topological polar surface area (TPSA) is 47.0 Å². The van der Waals surface area contributed by atoms with E-state index in [1.807, 2.05) is 49.4 Å². The van der Waals surface area contributed by atoms with E-state index in [9.17, 15) is 0 Å². The van der Waals surface area contributed by atoms with E-state index >= 15 is 0 Å². The third-order valence-corrected chi connectivity index (χ3v) is 4.77. The van der Waals surface area contributed by atoms with Crippen molar-refractivity contribution in [3.63, 3.8) is 0 Å². The third-order valence-electron chi connectivity index (χ3n) is 3.88. The summed E-state index contributed by atoms with van der Waals surface area (Å²) in [6.07, 6.45) is 1.60. The minimum Gasteiger partial charge on any atom is -0.494 e. The summed E-state index contributed by atoms with van der Waals surface area (Å²) in [6.45, 7) is 2.65. The summed E-state index contributed by atoms with van der Waals surface area (Å²) in [6, 6.07) is 18.2. The third kappa shape index (κ3) is 3.64. The molecule has 0 amide bonds. The Balaban J connectivity index is 0.00000196. The largest absolute Gasteiger partial charge is 0.494 e. The van der Waals surface area contributed by atoms with Gasteiger partial charge >= 0.3 is 0 Å². The summed E-state index contributed by atoms with van der Waals surface area (Å²) in [5.74, 6) is 1.70. The van der Waals surface area contributed by atoms with Gasteiger partial charge in [0, 0.05) is 16.6 Å². The summed E-state index contributed by atoms with van der Waals surface area (Å²) >= 11 is 1.63. The van der Waals surface area contributed by atoms with Gasteiger partial charge in [0.25, 0.3) is 0 Å². The first-order chi connectivity index (χ1) is 12.3. The minimum atomic E-state index is 0. The number of rotatable bonds is 5. The van der Waals surface area contributed by atoms with Crippen molar-refractivity contribution >= 4 is 45.5 Å². The molecule has 4 aromatic rings. The van der Waals surface area contributed by atoms with Crippen LogP contribution in [-0.4, -0.2) is 16.6 Å². The molecule has 6 heteroatoms. The monoisotopic (exact) mass is 383 g/mol. The van der Waals surface area contributed by atoms with Crippen LogP contribution in [0.4, 0.5) is 11.5 Å². The number of fused-ring (bicyclic) bond motifs is 1. The fourth-order valence-electron chi connectivity index (χ4n) is 2.74. The first-order valence-electron chi connectivity index (χ1n) is 8.12. The van der Waals surface area contributed by atoms with Gasteiger partial charge in [-0.1, -0.05) is 30.3 Å². The number of thiophene rings is 1. The second-order valence-electron chi connectivity index (χ2n) is 5.50. The van der Waals surface area contributed by atoms with E-state index in [4.69, 9.17) is 4.74 Å². The van der Waals surface area contributed by atoms with Crippen LogP contribution >= 0.6 is 23.7 Å². The molecule has 2 aromatic heterocycles. The first kappa shape index (κ1) is 18.2. The molecule has 0 saturated carbocycles. The van der Waals surface area contributed by atoms with Gasteiger partial charge in [-0.15, -0.1) is 23.7 Å².